The number of benzene rings is 1. The summed E-state index contributed by atoms with van der Waals surface area (Å²) in [6.45, 7) is 0.251. The summed E-state index contributed by atoms with van der Waals surface area (Å²) in [7, 11) is 0. The molecule has 1 heterocycles. The number of carbonyl (C=O) groups excluding carboxylic acids is 2. The molecule has 0 aromatic heterocycles. The molecule has 4 nitrogen and oxygen atoms in total. The Morgan fingerprint density at radius 1 is 1.50 bits per heavy atom. The van der Waals surface area contributed by atoms with Crippen LogP contribution in [-0.2, 0) is 9.59 Å². The first-order valence-electron chi connectivity index (χ1n) is 4.27. The van der Waals surface area contributed by atoms with Crippen LogP contribution in [0.4, 0.5) is 0 Å². The van der Waals surface area contributed by atoms with Gasteiger partial charge in [-0.2, -0.15) is 0 Å². The van der Waals surface area contributed by atoms with Crippen molar-refractivity contribution >= 4 is 12.1 Å². The van der Waals surface area contributed by atoms with Crippen molar-refractivity contribution in [2.75, 3.05) is 6.73 Å². The molecule has 0 spiro atoms. The zero-order valence-corrected chi connectivity index (χ0v) is 7.40. The molecule has 0 bridgehead atoms. The molecule has 14 heavy (non-hydrogen) atoms. The normalized spacial score (nSPS) is 19.3. The number of aldehydes is 1. The van der Waals surface area contributed by atoms with Gasteiger partial charge < -0.3 is 4.74 Å². The number of ketones is 1. The molecule has 0 saturated heterocycles. The van der Waals surface area contributed by atoms with Gasteiger partial charge in [0.1, 0.15) is 18.5 Å². The minimum absolute atomic E-state index is 0.251. The molecular weight excluding hydrogens is 182 g/mol. The number of nitrogens with one attached hydrogen (secondary N) is 1. The van der Waals surface area contributed by atoms with E-state index in [0.29, 0.717) is 12.0 Å². The first-order valence-corrected chi connectivity index (χ1v) is 4.27. The maximum atomic E-state index is 11.2. The number of Topliss-reactive ketones (excluding diaryl/α,β-unsaturated/α-hetero) is 1. The smallest absolute Gasteiger partial charge is 0.216 e. The second-order valence-electron chi connectivity index (χ2n) is 2.98. The van der Waals surface area contributed by atoms with Gasteiger partial charge in [-0.15, -0.1) is 0 Å². The molecule has 0 saturated carbocycles. The van der Waals surface area contributed by atoms with Gasteiger partial charge in [0.15, 0.2) is 6.29 Å². The Kier molecular flexibility index (Phi) is 2.28. The van der Waals surface area contributed by atoms with Crippen LogP contribution in [-0.4, -0.2) is 18.8 Å². The number of carbonyl (C=O) groups is 2. The van der Waals surface area contributed by atoms with E-state index in [0.717, 1.165) is 5.56 Å². The SMILES string of the molecule is O=CC(=O)C1NCOc2ccccc21. The van der Waals surface area contributed by atoms with Crippen molar-refractivity contribution in [3.8, 4) is 5.75 Å². The second-order valence-corrected chi connectivity index (χ2v) is 2.98. The van der Waals surface area contributed by atoms with Gasteiger partial charge in [-0.05, 0) is 6.07 Å². The molecule has 0 aliphatic carbocycles. The fourth-order valence-electron chi connectivity index (χ4n) is 1.49. The molecule has 1 aliphatic heterocycles. The van der Waals surface area contributed by atoms with E-state index >= 15 is 0 Å². The Morgan fingerprint density at radius 2 is 2.29 bits per heavy atom. The Labute approximate surface area is 80.9 Å². The third-order valence-corrected chi connectivity index (χ3v) is 2.15. The van der Waals surface area contributed by atoms with E-state index in [9.17, 15) is 9.59 Å². The van der Waals surface area contributed by atoms with E-state index < -0.39 is 11.8 Å². The summed E-state index contributed by atoms with van der Waals surface area (Å²) in [6, 6.07) is 6.62. The summed E-state index contributed by atoms with van der Waals surface area (Å²) < 4.78 is 5.27. The highest BCUT2D eigenvalue weighted by Crippen LogP contribution is 2.27. The average Bonchev–Trinajstić information content (AvgIpc) is 2.27. The third kappa shape index (κ3) is 1.40. The highest BCUT2D eigenvalue weighted by molar-refractivity contribution is 6.27. The highest BCUT2D eigenvalue weighted by atomic mass is 16.5. The first kappa shape index (κ1) is 8.90. The number of ether oxygens (including phenoxy) is 1. The van der Waals surface area contributed by atoms with Crippen LogP contribution in [0.3, 0.4) is 0 Å². The average molecular weight is 191 g/mol. The number of para-hydroxylation sites is 1. The van der Waals surface area contributed by atoms with Crippen molar-refractivity contribution in [1.82, 2.24) is 5.32 Å². The summed E-state index contributed by atoms with van der Waals surface area (Å²) in [5, 5.41) is 2.82. The van der Waals surface area contributed by atoms with E-state index in [1.165, 1.54) is 0 Å². The van der Waals surface area contributed by atoms with Crippen molar-refractivity contribution in [3.05, 3.63) is 29.8 Å². The van der Waals surface area contributed by atoms with Gasteiger partial charge in [-0.25, -0.2) is 0 Å². The van der Waals surface area contributed by atoms with E-state index in [-0.39, 0.29) is 6.73 Å². The minimum atomic E-state index is -0.558. The molecule has 2 rings (SSSR count). The molecular formula is C10H9NO3. The summed E-state index contributed by atoms with van der Waals surface area (Å²) >= 11 is 0. The summed E-state index contributed by atoms with van der Waals surface area (Å²) in [4.78, 5) is 21.6. The standard InChI is InChI=1S/C10H9NO3/c12-5-8(13)10-7-3-1-2-4-9(7)14-6-11-10/h1-5,10-11H,6H2. The lowest BCUT2D eigenvalue weighted by Gasteiger charge is -2.24. The van der Waals surface area contributed by atoms with Gasteiger partial charge in [-0.3, -0.25) is 14.9 Å². The Hall–Kier alpha value is -1.68. The lowest BCUT2D eigenvalue weighted by molar-refractivity contribution is -0.131. The molecule has 1 aliphatic rings. The zero-order chi connectivity index (χ0) is 9.97. The lowest BCUT2D eigenvalue weighted by atomic mass is 10.0. The van der Waals surface area contributed by atoms with Crippen molar-refractivity contribution in [2.24, 2.45) is 0 Å². The summed E-state index contributed by atoms with van der Waals surface area (Å²) in [6.07, 6.45) is 0.333. The predicted octanol–water partition coefficient (Wildman–Crippen LogP) is 0.435. The molecule has 1 atom stereocenters. The van der Waals surface area contributed by atoms with E-state index in [2.05, 4.69) is 5.32 Å². The number of fused-ring (bicyclic) bond motifs is 1. The van der Waals surface area contributed by atoms with E-state index in [1.807, 2.05) is 6.07 Å². The molecule has 1 aromatic carbocycles. The summed E-state index contributed by atoms with van der Waals surface area (Å²) in [5.41, 5.74) is 0.718. The third-order valence-electron chi connectivity index (χ3n) is 2.15. The van der Waals surface area contributed by atoms with Crippen LogP contribution in [0.25, 0.3) is 0 Å². The predicted molar refractivity (Wildman–Crippen MR) is 48.9 cm³/mol. The van der Waals surface area contributed by atoms with Gasteiger partial charge >= 0.3 is 0 Å². The Balaban J connectivity index is 2.40. The van der Waals surface area contributed by atoms with Gasteiger partial charge in [0, 0.05) is 5.56 Å². The minimum Gasteiger partial charge on any atom is -0.478 e. The molecule has 0 radical (unpaired) electrons. The van der Waals surface area contributed by atoms with Crippen LogP contribution in [0.1, 0.15) is 11.6 Å². The van der Waals surface area contributed by atoms with Crippen LogP contribution in [0.15, 0.2) is 24.3 Å². The summed E-state index contributed by atoms with van der Waals surface area (Å²) in [5.74, 6) is 0.187. The Bertz CT molecular complexity index is 375. The van der Waals surface area contributed by atoms with E-state index in [4.69, 9.17) is 4.74 Å². The topological polar surface area (TPSA) is 55.4 Å². The van der Waals surface area contributed by atoms with Crippen molar-refractivity contribution in [3.63, 3.8) is 0 Å². The molecule has 1 aromatic rings. The first-order chi connectivity index (χ1) is 6.83. The zero-order valence-electron chi connectivity index (χ0n) is 7.40. The highest BCUT2D eigenvalue weighted by Gasteiger charge is 2.25. The second kappa shape index (κ2) is 3.59. The van der Waals surface area contributed by atoms with Gasteiger partial charge in [0.25, 0.3) is 0 Å². The van der Waals surface area contributed by atoms with Crippen molar-refractivity contribution in [2.45, 2.75) is 6.04 Å². The fourth-order valence-corrected chi connectivity index (χ4v) is 1.49. The van der Waals surface area contributed by atoms with Crippen molar-refractivity contribution in [1.29, 1.82) is 0 Å². The van der Waals surface area contributed by atoms with Crippen LogP contribution in [0.5, 0.6) is 5.75 Å². The monoisotopic (exact) mass is 191 g/mol. The number of hydrogen-bond donors (Lipinski definition) is 1. The molecule has 1 unspecified atom stereocenters. The van der Waals surface area contributed by atoms with Crippen LogP contribution in [0, 0.1) is 0 Å². The van der Waals surface area contributed by atoms with Crippen LogP contribution in [0.2, 0.25) is 0 Å². The largest absolute Gasteiger partial charge is 0.478 e. The Morgan fingerprint density at radius 3 is 3.07 bits per heavy atom. The molecule has 0 amide bonds. The molecule has 72 valence electrons. The maximum Gasteiger partial charge on any atom is 0.216 e. The van der Waals surface area contributed by atoms with Crippen molar-refractivity contribution < 1.29 is 14.3 Å². The number of hydrogen-bond acceptors (Lipinski definition) is 4. The van der Waals surface area contributed by atoms with Crippen LogP contribution >= 0.6 is 0 Å². The maximum absolute atomic E-state index is 11.2. The molecule has 4 heteroatoms. The molecule has 0 fully saturated rings. The van der Waals surface area contributed by atoms with Crippen LogP contribution < -0.4 is 10.1 Å². The lowest BCUT2D eigenvalue weighted by Crippen LogP contribution is -2.36. The van der Waals surface area contributed by atoms with Gasteiger partial charge in [0.2, 0.25) is 5.78 Å². The fraction of sp³-hybridized carbons (Fsp3) is 0.200. The van der Waals surface area contributed by atoms with E-state index in [1.54, 1.807) is 18.2 Å². The molecule has 1 N–H and O–H groups in total. The number of rotatable bonds is 2. The quantitative estimate of drug-likeness (QED) is 0.544. The van der Waals surface area contributed by atoms with Gasteiger partial charge in [0.05, 0.1) is 0 Å². The van der Waals surface area contributed by atoms with Gasteiger partial charge in [-0.1, -0.05) is 18.2 Å².